The van der Waals surface area contributed by atoms with Crippen LogP contribution in [0.4, 0.5) is 5.69 Å². The van der Waals surface area contributed by atoms with Gasteiger partial charge in [-0.3, -0.25) is 4.90 Å². The number of aliphatic hydroxyl groups excluding tert-OH is 1. The minimum Gasteiger partial charge on any atom is -0.392 e. The van der Waals surface area contributed by atoms with Gasteiger partial charge < -0.3 is 14.7 Å². The van der Waals surface area contributed by atoms with Gasteiger partial charge in [0.15, 0.2) is 0 Å². The molecule has 4 nitrogen and oxygen atoms in total. The summed E-state index contributed by atoms with van der Waals surface area (Å²) in [5.74, 6) is 0. The van der Waals surface area contributed by atoms with E-state index in [0.29, 0.717) is 0 Å². The number of β-amino-alcohol motifs (C(OH)–C–C–N with tert-alkyl or cyclic N) is 1. The summed E-state index contributed by atoms with van der Waals surface area (Å²) in [5.41, 5.74) is 1.20. The van der Waals surface area contributed by atoms with Gasteiger partial charge in [-0.25, -0.2) is 0 Å². The summed E-state index contributed by atoms with van der Waals surface area (Å²) < 4.78 is 5.31. The van der Waals surface area contributed by atoms with Crippen LogP contribution in [-0.4, -0.2) is 62.6 Å². The number of benzene rings is 1. The van der Waals surface area contributed by atoms with E-state index in [1.54, 1.807) is 0 Å². The van der Waals surface area contributed by atoms with Crippen LogP contribution in [0.2, 0.25) is 0 Å². The number of rotatable bonds is 6. The monoisotopic (exact) mass is 264 g/mol. The summed E-state index contributed by atoms with van der Waals surface area (Å²) >= 11 is 0. The van der Waals surface area contributed by atoms with Gasteiger partial charge in [-0.15, -0.1) is 0 Å². The van der Waals surface area contributed by atoms with Crippen molar-refractivity contribution in [3.05, 3.63) is 30.3 Å². The van der Waals surface area contributed by atoms with Crippen LogP contribution < -0.4 is 4.90 Å². The second-order valence-electron chi connectivity index (χ2n) is 5.11. The zero-order valence-electron chi connectivity index (χ0n) is 11.7. The molecule has 0 amide bonds. The van der Waals surface area contributed by atoms with Crippen LogP contribution in [0, 0.1) is 0 Å². The summed E-state index contributed by atoms with van der Waals surface area (Å²) in [6.45, 7) is 5.08. The molecule has 0 spiro atoms. The number of aliphatic hydroxyl groups is 1. The fourth-order valence-corrected chi connectivity index (χ4v) is 2.33. The Kier molecular flexibility index (Phi) is 5.63. The van der Waals surface area contributed by atoms with Crippen LogP contribution in [0.5, 0.6) is 0 Å². The molecular formula is C15H24N2O2. The molecule has 0 saturated carbocycles. The van der Waals surface area contributed by atoms with Gasteiger partial charge in [0.25, 0.3) is 0 Å². The lowest BCUT2D eigenvalue weighted by Crippen LogP contribution is -2.41. The van der Waals surface area contributed by atoms with E-state index in [0.717, 1.165) is 45.8 Å². The van der Waals surface area contributed by atoms with Gasteiger partial charge in [0.05, 0.1) is 19.3 Å². The Morgan fingerprint density at radius 2 is 1.95 bits per heavy atom. The SMILES string of the molecule is CN(CC[C@@H](O)CN1CCOCC1)c1ccccc1. The quantitative estimate of drug-likeness (QED) is 0.838. The molecule has 2 rings (SSSR count). The third-order valence-corrected chi connectivity index (χ3v) is 3.57. The molecule has 4 heteroatoms. The molecule has 1 aliphatic heterocycles. The standard InChI is InChI=1S/C15H24N2O2/c1-16(14-5-3-2-4-6-14)8-7-15(18)13-17-9-11-19-12-10-17/h2-6,15,18H,7-13H2,1H3/t15-/m1/s1. The smallest absolute Gasteiger partial charge is 0.0684 e. The highest BCUT2D eigenvalue weighted by Crippen LogP contribution is 2.12. The first kappa shape index (κ1) is 14.3. The van der Waals surface area contributed by atoms with Crippen molar-refractivity contribution in [1.29, 1.82) is 0 Å². The first-order valence-corrected chi connectivity index (χ1v) is 7.00. The predicted molar refractivity (Wildman–Crippen MR) is 77.6 cm³/mol. The Labute approximate surface area is 115 Å². The van der Waals surface area contributed by atoms with Crippen molar-refractivity contribution < 1.29 is 9.84 Å². The zero-order valence-corrected chi connectivity index (χ0v) is 11.7. The fourth-order valence-electron chi connectivity index (χ4n) is 2.33. The highest BCUT2D eigenvalue weighted by Gasteiger charge is 2.15. The van der Waals surface area contributed by atoms with Crippen molar-refractivity contribution in [2.24, 2.45) is 0 Å². The third kappa shape index (κ3) is 4.82. The van der Waals surface area contributed by atoms with E-state index in [-0.39, 0.29) is 6.10 Å². The van der Waals surface area contributed by atoms with E-state index in [1.807, 2.05) is 18.2 Å². The molecule has 1 aromatic carbocycles. The van der Waals surface area contributed by atoms with Crippen molar-refractivity contribution in [2.75, 3.05) is 51.3 Å². The van der Waals surface area contributed by atoms with E-state index in [4.69, 9.17) is 4.74 Å². The van der Waals surface area contributed by atoms with Crippen LogP contribution in [0.1, 0.15) is 6.42 Å². The number of para-hydroxylation sites is 1. The minimum atomic E-state index is -0.260. The highest BCUT2D eigenvalue weighted by molar-refractivity contribution is 5.44. The van der Waals surface area contributed by atoms with E-state index < -0.39 is 0 Å². The Balaban J connectivity index is 1.69. The maximum Gasteiger partial charge on any atom is 0.0684 e. The molecule has 1 fully saturated rings. The zero-order chi connectivity index (χ0) is 13.5. The highest BCUT2D eigenvalue weighted by atomic mass is 16.5. The molecule has 1 N–H and O–H groups in total. The first-order chi connectivity index (χ1) is 9.25. The van der Waals surface area contributed by atoms with Gasteiger partial charge >= 0.3 is 0 Å². The summed E-state index contributed by atoms with van der Waals surface area (Å²) in [6, 6.07) is 10.3. The molecule has 19 heavy (non-hydrogen) atoms. The lowest BCUT2D eigenvalue weighted by molar-refractivity contribution is 0.0136. The number of anilines is 1. The van der Waals surface area contributed by atoms with Gasteiger partial charge in [-0.1, -0.05) is 18.2 Å². The lowest BCUT2D eigenvalue weighted by Gasteiger charge is -2.29. The first-order valence-electron chi connectivity index (χ1n) is 7.00. The van der Waals surface area contributed by atoms with Crippen molar-refractivity contribution >= 4 is 5.69 Å². The molecule has 1 atom stereocenters. The lowest BCUT2D eigenvalue weighted by atomic mass is 10.2. The van der Waals surface area contributed by atoms with E-state index >= 15 is 0 Å². The second kappa shape index (κ2) is 7.48. The van der Waals surface area contributed by atoms with Gasteiger partial charge in [-0.2, -0.15) is 0 Å². The number of morpholine rings is 1. The normalized spacial score (nSPS) is 18.2. The van der Waals surface area contributed by atoms with Crippen LogP contribution >= 0.6 is 0 Å². The van der Waals surface area contributed by atoms with Crippen LogP contribution in [0.15, 0.2) is 30.3 Å². The Hall–Kier alpha value is -1.10. The van der Waals surface area contributed by atoms with Crippen LogP contribution in [0.25, 0.3) is 0 Å². The number of ether oxygens (including phenoxy) is 1. The van der Waals surface area contributed by atoms with Gasteiger partial charge in [0.2, 0.25) is 0 Å². The van der Waals surface area contributed by atoms with Crippen molar-refractivity contribution in [3.63, 3.8) is 0 Å². The van der Waals surface area contributed by atoms with Crippen molar-refractivity contribution in [1.82, 2.24) is 4.90 Å². The van der Waals surface area contributed by atoms with E-state index in [2.05, 4.69) is 29.0 Å². The molecule has 0 unspecified atom stereocenters. The van der Waals surface area contributed by atoms with Gasteiger partial charge in [0.1, 0.15) is 0 Å². The number of nitrogens with zero attached hydrogens (tertiary/aromatic N) is 2. The average Bonchev–Trinajstić information content (AvgIpc) is 2.47. The van der Waals surface area contributed by atoms with E-state index in [9.17, 15) is 5.11 Å². The molecule has 0 radical (unpaired) electrons. The predicted octanol–water partition coefficient (Wildman–Crippen LogP) is 1.21. The topological polar surface area (TPSA) is 35.9 Å². The summed E-state index contributed by atoms with van der Waals surface area (Å²) in [7, 11) is 2.07. The van der Waals surface area contributed by atoms with Crippen LogP contribution in [-0.2, 0) is 4.74 Å². The molecule has 106 valence electrons. The third-order valence-electron chi connectivity index (χ3n) is 3.57. The molecule has 1 heterocycles. The van der Waals surface area contributed by atoms with Crippen molar-refractivity contribution in [3.8, 4) is 0 Å². The molecule has 1 aliphatic rings. The Morgan fingerprint density at radius 3 is 2.63 bits per heavy atom. The molecule has 1 aromatic rings. The molecular weight excluding hydrogens is 240 g/mol. The summed E-state index contributed by atoms with van der Waals surface area (Å²) in [4.78, 5) is 4.46. The summed E-state index contributed by atoms with van der Waals surface area (Å²) in [5, 5.41) is 10.1. The van der Waals surface area contributed by atoms with Crippen LogP contribution in [0.3, 0.4) is 0 Å². The van der Waals surface area contributed by atoms with Gasteiger partial charge in [-0.05, 0) is 18.6 Å². The Morgan fingerprint density at radius 1 is 1.26 bits per heavy atom. The maximum absolute atomic E-state index is 10.1. The molecule has 0 aliphatic carbocycles. The second-order valence-corrected chi connectivity index (χ2v) is 5.11. The Bertz CT molecular complexity index is 352. The molecule has 0 bridgehead atoms. The molecule has 1 saturated heterocycles. The maximum atomic E-state index is 10.1. The minimum absolute atomic E-state index is 0.260. The molecule has 0 aromatic heterocycles. The number of hydrogen-bond acceptors (Lipinski definition) is 4. The number of hydrogen-bond donors (Lipinski definition) is 1. The fraction of sp³-hybridized carbons (Fsp3) is 0.600. The van der Waals surface area contributed by atoms with Gasteiger partial charge in [0, 0.05) is 38.9 Å². The average molecular weight is 264 g/mol. The largest absolute Gasteiger partial charge is 0.392 e. The van der Waals surface area contributed by atoms with E-state index in [1.165, 1.54) is 5.69 Å². The summed E-state index contributed by atoms with van der Waals surface area (Å²) in [6.07, 6.45) is 0.534. The van der Waals surface area contributed by atoms with Crippen molar-refractivity contribution in [2.45, 2.75) is 12.5 Å².